The van der Waals surface area contributed by atoms with Gasteiger partial charge in [-0.2, -0.15) is 0 Å². The van der Waals surface area contributed by atoms with Gasteiger partial charge in [-0.05, 0) is 31.0 Å². The van der Waals surface area contributed by atoms with Crippen LogP contribution in [0.1, 0.15) is 31.7 Å². The van der Waals surface area contributed by atoms with Gasteiger partial charge in [0.25, 0.3) is 0 Å². The maximum atomic E-state index is 4.26. The molecule has 0 unspecified atom stereocenters. The third kappa shape index (κ3) is 1.57. The fourth-order valence-corrected chi connectivity index (χ4v) is 2.68. The van der Waals surface area contributed by atoms with Crippen molar-refractivity contribution >= 4 is 27.0 Å². The molecule has 0 aliphatic heterocycles. The van der Waals surface area contributed by atoms with Gasteiger partial charge in [-0.25, -0.2) is 4.68 Å². The van der Waals surface area contributed by atoms with E-state index in [9.17, 15) is 0 Å². The Morgan fingerprint density at radius 1 is 1.27 bits per heavy atom. The SMILES string of the molecule is Brc1ccc2c(c1)nnn2C1CCCC1. The zero-order valence-corrected chi connectivity index (χ0v) is 9.94. The third-order valence-corrected chi connectivity index (χ3v) is 3.60. The van der Waals surface area contributed by atoms with E-state index in [1.807, 2.05) is 6.07 Å². The average Bonchev–Trinajstić information content (AvgIpc) is 2.82. The molecule has 0 N–H and O–H groups in total. The molecule has 1 heterocycles. The van der Waals surface area contributed by atoms with E-state index in [2.05, 4.69) is 43.1 Å². The maximum Gasteiger partial charge on any atom is 0.114 e. The van der Waals surface area contributed by atoms with Crippen molar-refractivity contribution in [3.63, 3.8) is 0 Å². The smallest absolute Gasteiger partial charge is 0.114 e. The van der Waals surface area contributed by atoms with Crippen molar-refractivity contribution in [3.8, 4) is 0 Å². The summed E-state index contributed by atoms with van der Waals surface area (Å²) in [7, 11) is 0. The molecule has 2 aromatic rings. The van der Waals surface area contributed by atoms with Gasteiger partial charge >= 0.3 is 0 Å². The van der Waals surface area contributed by atoms with Crippen molar-refractivity contribution in [3.05, 3.63) is 22.7 Å². The van der Waals surface area contributed by atoms with E-state index in [1.165, 1.54) is 25.7 Å². The summed E-state index contributed by atoms with van der Waals surface area (Å²) >= 11 is 3.45. The van der Waals surface area contributed by atoms with Crippen LogP contribution >= 0.6 is 15.9 Å². The Labute approximate surface area is 96.6 Å². The van der Waals surface area contributed by atoms with Gasteiger partial charge in [0, 0.05) is 4.47 Å². The first-order valence-corrected chi connectivity index (χ1v) is 6.14. The highest BCUT2D eigenvalue weighted by molar-refractivity contribution is 9.10. The van der Waals surface area contributed by atoms with Crippen molar-refractivity contribution in [2.75, 3.05) is 0 Å². The zero-order chi connectivity index (χ0) is 10.3. The molecule has 4 heteroatoms. The van der Waals surface area contributed by atoms with Gasteiger partial charge in [-0.3, -0.25) is 0 Å². The van der Waals surface area contributed by atoms with Gasteiger partial charge in [0.2, 0.25) is 0 Å². The summed E-state index contributed by atoms with van der Waals surface area (Å²) in [5.74, 6) is 0. The summed E-state index contributed by atoms with van der Waals surface area (Å²) in [4.78, 5) is 0. The van der Waals surface area contributed by atoms with E-state index in [-0.39, 0.29) is 0 Å². The van der Waals surface area contributed by atoms with Crippen LogP contribution in [0.3, 0.4) is 0 Å². The minimum atomic E-state index is 0.566. The second-order valence-corrected chi connectivity index (χ2v) is 5.02. The van der Waals surface area contributed by atoms with Crippen LogP contribution in [0.2, 0.25) is 0 Å². The third-order valence-electron chi connectivity index (χ3n) is 3.10. The fourth-order valence-electron chi connectivity index (χ4n) is 2.33. The molecule has 3 rings (SSSR count). The molecule has 0 spiro atoms. The summed E-state index contributed by atoms with van der Waals surface area (Å²) in [5, 5.41) is 8.47. The largest absolute Gasteiger partial charge is 0.242 e. The molecule has 1 aliphatic rings. The van der Waals surface area contributed by atoms with Gasteiger partial charge in [0.15, 0.2) is 0 Å². The lowest BCUT2D eigenvalue weighted by molar-refractivity contribution is 0.467. The Balaban J connectivity index is 2.11. The molecular weight excluding hydrogens is 254 g/mol. The number of fused-ring (bicyclic) bond motifs is 1. The van der Waals surface area contributed by atoms with E-state index in [1.54, 1.807) is 0 Å². The summed E-state index contributed by atoms with van der Waals surface area (Å²) < 4.78 is 3.16. The topological polar surface area (TPSA) is 30.7 Å². The van der Waals surface area contributed by atoms with E-state index >= 15 is 0 Å². The summed E-state index contributed by atoms with van der Waals surface area (Å²) in [6.07, 6.45) is 5.13. The van der Waals surface area contributed by atoms with Crippen molar-refractivity contribution in [1.29, 1.82) is 0 Å². The van der Waals surface area contributed by atoms with Gasteiger partial charge in [0.1, 0.15) is 5.52 Å². The second kappa shape index (κ2) is 3.59. The molecule has 0 amide bonds. The number of rotatable bonds is 1. The number of hydrogen-bond acceptors (Lipinski definition) is 2. The van der Waals surface area contributed by atoms with Crippen LogP contribution in [0.5, 0.6) is 0 Å². The molecule has 3 nitrogen and oxygen atoms in total. The quantitative estimate of drug-likeness (QED) is 0.792. The molecule has 1 saturated carbocycles. The standard InChI is InChI=1S/C11H12BrN3/c12-8-5-6-11-10(7-8)13-14-15(11)9-3-1-2-4-9/h5-7,9H,1-4H2. The number of hydrogen-bond donors (Lipinski definition) is 0. The summed E-state index contributed by atoms with van der Waals surface area (Å²) in [6.45, 7) is 0. The van der Waals surface area contributed by atoms with Crippen molar-refractivity contribution < 1.29 is 0 Å². The van der Waals surface area contributed by atoms with E-state index < -0.39 is 0 Å². The first kappa shape index (κ1) is 9.33. The van der Waals surface area contributed by atoms with Crippen LogP contribution in [0.25, 0.3) is 11.0 Å². The van der Waals surface area contributed by atoms with Gasteiger partial charge in [0.05, 0.1) is 11.6 Å². The van der Waals surface area contributed by atoms with Crippen LogP contribution in [0.4, 0.5) is 0 Å². The Morgan fingerprint density at radius 2 is 2.07 bits per heavy atom. The Hall–Kier alpha value is -0.900. The lowest BCUT2D eigenvalue weighted by atomic mass is 10.2. The van der Waals surface area contributed by atoms with Gasteiger partial charge < -0.3 is 0 Å². The number of nitrogens with zero attached hydrogens (tertiary/aromatic N) is 3. The molecule has 1 fully saturated rings. The number of benzene rings is 1. The first-order chi connectivity index (χ1) is 7.34. The first-order valence-electron chi connectivity index (χ1n) is 5.35. The predicted octanol–water partition coefficient (Wildman–Crippen LogP) is 3.31. The van der Waals surface area contributed by atoms with Crippen LogP contribution in [-0.4, -0.2) is 15.0 Å². The van der Waals surface area contributed by atoms with Gasteiger partial charge in [-0.1, -0.05) is 34.0 Å². The Bertz CT molecular complexity index is 486. The monoisotopic (exact) mass is 265 g/mol. The van der Waals surface area contributed by atoms with Crippen LogP contribution in [0.15, 0.2) is 22.7 Å². The highest BCUT2D eigenvalue weighted by Crippen LogP contribution is 2.31. The van der Waals surface area contributed by atoms with E-state index in [4.69, 9.17) is 0 Å². The number of aromatic nitrogens is 3. The van der Waals surface area contributed by atoms with Crippen molar-refractivity contribution in [2.45, 2.75) is 31.7 Å². The van der Waals surface area contributed by atoms with Crippen molar-refractivity contribution in [2.24, 2.45) is 0 Å². The van der Waals surface area contributed by atoms with Crippen LogP contribution in [0, 0.1) is 0 Å². The molecule has 1 aliphatic carbocycles. The maximum absolute atomic E-state index is 4.26. The van der Waals surface area contributed by atoms with E-state index in [0.29, 0.717) is 6.04 Å². The lowest BCUT2D eigenvalue weighted by Gasteiger charge is -2.09. The van der Waals surface area contributed by atoms with Gasteiger partial charge in [-0.15, -0.1) is 5.10 Å². The molecule has 78 valence electrons. The second-order valence-electron chi connectivity index (χ2n) is 4.11. The average molecular weight is 266 g/mol. The Kier molecular flexibility index (Phi) is 2.24. The number of halogens is 1. The Morgan fingerprint density at radius 3 is 2.87 bits per heavy atom. The van der Waals surface area contributed by atoms with Crippen molar-refractivity contribution in [1.82, 2.24) is 15.0 Å². The summed E-state index contributed by atoms with van der Waals surface area (Å²) in [5.41, 5.74) is 2.14. The highest BCUT2D eigenvalue weighted by atomic mass is 79.9. The van der Waals surface area contributed by atoms with E-state index in [0.717, 1.165) is 15.5 Å². The zero-order valence-electron chi connectivity index (χ0n) is 8.36. The molecule has 0 atom stereocenters. The predicted molar refractivity (Wildman–Crippen MR) is 62.7 cm³/mol. The molecule has 1 aromatic carbocycles. The normalized spacial score (nSPS) is 17.7. The molecule has 0 bridgehead atoms. The van der Waals surface area contributed by atoms with Crippen LogP contribution in [-0.2, 0) is 0 Å². The fraction of sp³-hybridized carbons (Fsp3) is 0.455. The minimum Gasteiger partial charge on any atom is -0.242 e. The van der Waals surface area contributed by atoms with Crippen LogP contribution < -0.4 is 0 Å². The minimum absolute atomic E-state index is 0.566. The molecular formula is C11H12BrN3. The lowest BCUT2D eigenvalue weighted by Crippen LogP contribution is -2.06. The highest BCUT2D eigenvalue weighted by Gasteiger charge is 2.19. The molecule has 0 radical (unpaired) electrons. The summed E-state index contributed by atoms with van der Waals surface area (Å²) in [6, 6.07) is 6.74. The molecule has 15 heavy (non-hydrogen) atoms. The molecule has 0 saturated heterocycles. The molecule has 1 aromatic heterocycles.